The predicted octanol–water partition coefficient (Wildman–Crippen LogP) is 4.03. The number of benzene rings is 1. The van der Waals surface area contributed by atoms with E-state index in [1.807, 2.05) is 12.1 Å². The van der Waals surface area contributed by atoms with E-state index in [1.54, 1.807) is 0 Å². The lowest BCUT2D eigenvalue weighted by molar-refractivity contribution is 0.120. The summed E-state index contributed by atoms with van der Waals surface area (Å²) in [6, 6.07) is 7.53. The largest absolute Gasteiger partial charge is 0.508 e. The first-order valence-corrected chi connectivity index (χ1v) is 8.41. The van der Waals surface area contributed by atoms with E-state index in [0.29, 0.717) is 11.8 Å². The summed E-state index contributed by atoms with van der Waals surface area (Å²) in [5.41, 5.74) is 2.64. The number of hydrogen-bond acceptors (Lipinski definition) is 2. The minimum Gasteiger partial charge on any atom is -0.508 e. The van der Waals surface area contributed by atoms with E-state index < -0.39 is 0 Å². The molecule has 108 valence electrons. The van der Waals surface area contributed by atoms with Crippen molar-refractivity contribution in [2.75, 3.05) is 6.54 Å². The van der Waals surface area contributed by atoms with Crippen molar-refractivity contribution < 1.29 is 5.11 Å². The van der Waals surface area contributed by atoms with Crippen LogP contribution in [0.2, 0.25) is 0 Å². The molecule has 1 heterocycles. The molecular formula is C18H25NO. The zero-order chi connectivity index (χ0) is 13.5. The van der Waals surface area contributed by atoms with Crippen LogP contribution < -0.4 is 0 Å². The molecule has 2 nitrogen and oxygen atoms in total. The van der Waals surface area contributed by atoms with Gasteiger partial charge in [-0.25, -0.2) is 0 Å². The van der Waals surface area contributed by atoms with Crippen LogP contribution in [0.4, 0.5) is 0 Å². The zero-order valence-corrected chi connectivity index (χ0v) is 12.2. The number of phenols is 1. The standard InChI is InChI=1S/C18H25NO/c20-18-10-4-6-14-15(18)7-3-9-17(14)19-12-11-13-5-1-2-8-16(13)19/h4,6,10,13,16-17,20H,1-3,5,7-9,11-12H2. The molecule has 3 aliphatic rings. The Bertz CT molecular complexity index is 498. The highest BCUT2D eigenvalue weighted by Crippen LogP contribution is 2.45. The second-order valence-electron chi connectivity index (χ2n) is 6.89. The fraction of sp³-hybridized carbons (Fsp3) is 0.667. The van der Waals surface area contributed by atoms with Gasteiger partial charge in [0.1, 0.15) is 5.75 Å². The third-order valence-electron chi connectivity index (χ3n) is 5.90. The number of rotatable bonds is 1. The molecule has 1 saturated heterocycles. The fourth-order valence-electron chi connectivity index (χ4n) is 4.98. The van der Waals surface area contributed by atoms with Crippen LogP contribution in [-0.4, -0.2) is 22.6 Å². The summed E-state index contributed by atoms with van der Waals surface area (Å²) < 4.78 is 0. The topological polar surface area (TPSA) is 23.5 Å². The number of fused-ring (bicyclic) bond motifs is 2. The fourth-order valence-corrected chi connectivity index (χ4v) is 4.98. The van der Waals surface area contributed by atoms with Crippen LogP contribution in [0.1, 0.15) is 62.1 Å². The van der Waals surface area contributed by atoms with Gasteiger partial charge < -0.3 is 5.11 Å². The summed E-state index contributed by atoms with van der Waals surface area (Å²) in [7, 11) is 0. The molecule has 0 spiro atoms. The SMILES string of the molecule is Oc1cccc2c1CCCC2N1CCC2CCCCC21. The van der Waals surface area contributed by atoms with Crippen LogP contribution in [-0.2, 0) is 6.42 Å². The first-order chi connectivity index (χ1) is 9.84. The van der Waals surface area contributed by atoms with Gasteiger partial charge in [-0.1, -0.05) is 25.0 Å². The van der Waals surface area contributed by atoms with Crippen LogP contribution >= 0.6 is 0 Å². The van der Waals surface area contributed by atoms with Gasteiger partial charge in [0.25, 0.3) is 0 Å². The summed E-state index contributed by atoms with van der Waals surface area (Å²) in [6.07, 6.45) is 10.7. The van der Waals surface area contributed by atoms with Gasteiger partial charge in [0.2, 0.25) is 0 Å². The molecule has 3 atom stereocenters. The Balaban J connectivity index is 1.65. The Kier molecular flexibility index (Phi) is 3.22. The van der Waals surface area contributed by atoms with Crippen molar-refractivity contribution in [2.24, 2.45) is 5.92 Å². The average molecular weight is 271 g/mol. The molecule has 4 rings (SSSR count). The normalized spacial score (nSPS) is 33.7. The second-order valence-corrected chi connectivity index (χ2v) is 6.89. The number of nitrogens with zero attached hydrogens (tertiary/aromatic N) is 1. The third kappa shape index (κ3) is 1.96. The minimum absolute atomic E-state index is 0.520. The van der Waals surface area contributed by atoms with E-state index in [0.717, 1.165) is 18.4 Å². The highest BCUT2D eigenvalue weighted by molar-refractivity contribution is 5.42. The minimum atomic E-state index is 0.520. The van der Waals surface area contributed by atoms with Gasteiger partial charge in [-0.2, -0.15) is 0 Å². The van der Waals surface area contributed by atoms with Gasteiger partial charge in [0.05, 0.1) is 0 Å². The molecule has 20 heavy (non-hydrogen) atoms. The lowest BCUT2D eigenvalue weighted by atomic mass is 9.82. The molecule has 1 aromatic rings. The molecule has 2 heteroatoms. The van der Waals surface area contributed by atoms with Crippen molar-refractivity contribution >= 4 is 0 Å². The third-order valence-corrected chi connectivity index (χ3v) is 5.90. The highest BCUT2D eigenvalue weighted by atomic mass is 16.3. The Labute approximate surface area is 121 Å². The van der Waals surface area contributed by atoms with Gasteiger partial charge >= 0.3 is 0 Å². The average Bonchev–Trinajstić information content (AvgIpc) is 2.91. The van der Waals surface area contributed by atoms with Crippen molar-refractivity contribution in [2.45, 2.75) is 63.5 Å². The molecule has 1 N–H and O–H groups in total. The van der Waals surface area contributed by atoms with Crippen LogP contribution in [0.3, 0.4) is 0 Å². The van der Waals surface area contributed by atoms with Gasteiger partial charge in [-0.3, -0.25) is 4.90 Å². The summed E-state index contributed by atoms with van der Waals surface area (Å²) in [5.74, 6) is 1.47. The van der Waals surface area contributed by atoms with Gasteiger partial charge in [-0.15, -0.1) is 0 Å². The van der Waals surface area contributed by atoms with Crippen LogP contribution in [0.25, 0.3) is 0 Å². The Hall–Kier alpha value is -1.02. The van der Waals surface area contributed by atoms with Crippen molar-refractivity contribution in [3.63, 3.8) is 0 Å². The van der Waals surface area contributed by atoms with Crippen molar-refractivity contribution in [3.8, 4) is 5.75 Å². The van der Waals surface area contributed by atoms with E-state index in [9.17, 15) is 5.11 Å². The summed E-state index contributed by atoms with van der Waals surface area (Å²) in [6.45, 7) is 1.27. The molecule has 2 fully saturated rings. The van der Waals surface area contributed by atoms with E-state index in [2.05, 4.69) is 11.0 Å². The first-order valence-electron chi connectivity index (χ1n) is 8.41. The molecule has 0 radical (unpaired) electrons. The Morgan fingerprint density at radius 1 is 1.00 bits per heavy atom. The second kappa shape index (κ2) is 5.07. The Morgan fingerprint density at radius 2 is 1.90 bits per heavy atom. The number of likely N-dealkylation sites (tertiary alicyclic amines) is 1. The maximum absolute atomic E-state index is 10.1. The molecule has 3 unspecified atom stereocenters. The number of hydrogen-bond donors (Lipinski definition) is 1. The Morgan fingerprint density at radius 3 is 2.85 bits per heavy atom. The summed E-state index contributed by atoms with van der Waals surface area (Å²) in [4.78, 5) is 2.79. The van der Waals surface area contributed by atoms with Crippen molar-refractivity contribution in [3.05, 3.63) is 29.3 Å². The first kappa shape index (κ1) is 12.7. The lowest BCUT2D eigenvalue weighted by Gasteiger charge is -2.40. The van der Waals surface area contributed by atoms with Crippen LogP contribution in [0.5, 0.6) is 5.75 Å². The summed E-state index contributed by atoms with van der Waals surface area (Å²) >= 11 is 0. The van der Waals surface area contributed by atoms with E-state index >= 15 is 0 Å². The van der Waals surface area contributed by atoms with E-state index in [4.69, 9.17) is 0 Å². The molecule has 2 aliphatic carbocycles. The monoisotopic (exact) mass is 271 g/mol. The molecule has 1 aromatic carbocycles. The molecule has 1 saturated carbocycles. The molecular weight excluding hydrogens is 246 g/mol. The smallest absolute Gasteiger partial charge is 0.119 e. The quantitative estimate of drug-likeness (QED) is 0.833. The van der Waals surface area contributed by atoms with Gasteiger partial charge in [0, 0.05) is 12.1 Å². The maximum atomic E-state index is 10.1. The molecule has 0 amide bonds. The van der Waals surface area contributed by atoms with Gasteiger partial charge in [-0.05, 0) is 68.2 Å². The molecule has 0 bridgehead atoms. The summed E-state index contributed by atoms with van der Waals surface area (Å²) in [5, 5.41) is 10.1. The number of aromatic hydroxyl groups is 1. The molecule has 0 aromatic heterocycles. The van der Waals surface area contributed by atoms with E-state index in [1.165, 1.54) is 62.6 Å². The highest BCUT2D eigenvalue weighted by Gasteiger charge is 2.40. The van der Waals surface area contributed by atoms with Gasteiger partial charge in [0.15, 0.2) is 0 Å². The zero-order valence-electron chi connectivity index (χ0n) is 12.2. The van der Waals surface area contributed by atoms with Crippen LogP contribution in [0.15, 0.2) is 18.2 Å². The van der Waals surface area contributed by atoms with E-state index in [-0.39, 0.29) is 0 Å². The molecule has 1 aliphatic heterocycles. The van der Waals surface area contributed by atoms with Crippen molar-refractivity contribution in [1.29, 1.82) is 0 Å². The van der Waals surface area contributed by atoms with Crippen molar-refractivity contribution in [1.82, 2.24) is 4.90 Å². The van der Waals surface area contributed by atoms with Crippen LogP contribution in [0, 0.1) is 5.92 Å². The predicted molar refractivity (Wildman–Crippen MR) is 80.9 cm³/mol. The number of phenolic OH excluding ortho intramolecular Hbond substituents is 1. The maximum Gasteiger partial charge on any atom is 0.119 e. The lowest BCUT2D eigenvalue weighted by Crippen LogP contribution is -2.38.